The van der Waals surface area contributed by atoms with Crippen molar-refractivity contribution in [1.29, 1.82) is 0 Å². The van der Waals surface area contributed by atoms with Gasteiger partial charge < -0.3 is 15.2 Å². The maximum Gasteiger partial charge on any atom is 0.573 e. The first kappa shape index (κ1) is 26.8. The number of alkyl halides is 5. The first-order valence-electron chi connectivity index (χ1n) is 10.2. The molecule has 2 aromatic rings. The van der Waals surface area contributed by atoms with E-state index in [-0.39, 0.29) is 25.3 Å². The van der Waals surface area contributed by atoms with E-state index in [1.54, 1.807) is 19.9 Å². The average molecular weight is 484 g/mol. The molecule has 184 valence electrons. The number of allylic oxidation sites excluding steroid dienone is 1. The summed E-state index contributed by atoms with van der Waals surface area (Å²) >= 11 is 0. The Labute approximate surface area is 194 Å². The Hall–Kier alpha value is -3.40. The van der Waals surface area contributed by atoms with Gasteiger partial charge in [-0.2, -0.15) is 8.78 Å². The molecule has 0 saturated carbocycles. The van der Waals surface area contributed by atoms with Crippen LogP contribution in [0.3, 0.4) is 0 Å². The lowest BCUT2D eigenvalue weighted by molar-refractivity contribution is -0.274. The van der Waals surface area contributed by atoms with Crippen molar-refractivity contribution in [3.8, 4) is 16.9 Å². The van der Waals surface area contributed by atoms with E-state index in [2.05, 4.69) is 16.6 Å². The number of anilines is 1. The molecule has 2 aromatic carbocycles. The van der Waals surface area contributed by atoms with Crippen LogP contribution in [0.2, 0.25) is 0 Å². The van der Waals surface area contributed by atoms with Gasteiger partial charge in [0.05, 0.1) is 5.69 Å². The number of nitrogens with one attached hydrogen (secondary N) is 1. The lowest BCUT2D eigenvalue weighted by atomic mass is 9.90. The van der Waals surface area contributed by atoms with Crippen molar-refractivity contribution in [2.24, 2.45) is 0 Å². The molecule has 0 aromatic heterocycles. The Kier molecular flexibility index (Phi) is 9.19. The van der Waals surface area contributed by atoms with E-state index in [1.807, 2.05) is 0 Å². The van der Waals surface area contributed by atoms with Crippen molar-refractivity contribution in [3.05, 3.63) is 72.0 Å². The molecule has 0 unspecified atom stereocenters. The first-order valence-corrected chi connectivity index (χ1v) is 10.2. The zero-order valence-electron chi connectivity index (χ0n) is 18.6. The third kappa shape index (κ3) is 6.80. The van der Waals surface area contributed by atoms with Crippen molar-refractivity contribution >= 4 is 11.6 Å². The van der Waals surface area contributed by atoms with Gasteiger partial charge in [-0.15, -0.1) is 13.2 Å². The number of aliphatic hydroxyl groups is 1. The van der Waals surface area contributed by atoms with E-state index in [1.165, 1.54) is 24.4 Å². The lowest BCUT2D eigenvalue weighted by Crippen LogP contribution is -2.27. The molecule has 34 heavy (non-hydrogen) atoms. The third-order valence-corrected chi connectivity index (χ3v) is 4.93. The molecule has 0 atom stereocenters. The number of carbonyl (C=O) groups excluding carboxylic acids is 1. The van der Waals surface area contributed by atoms with E-state index in [0.717, 1.165) is 23.1 Å². The van der Waals surface area contributed by atoms with Crippen LogP contribution in [0, 0.1) is 6.92 Å². The zero-order valence-corrected chi connectivity index (χ0v) is 18.6. The van der Waals surface area contributed by atoms with Gasteiger partial charge in [0.25, 0.3) is 0 Å². The number of ether oxygens (including phenoxy) is 1. The van der Waals surface area contributed by atoms with E-state index in [0.29, 0.717) is 27.8 Å². The SMILES string of the molecule is C=CC(=O)NCc1cc(-c2ccc(OC(F)(F)F)cc2)c(C)c(N(/C=C/C)C(F)F)c1CCO. The topological polar surface area (TPSA) is 61.8 Å². The Morgan fingerprint density at radius 2 is 1.91 bits per heavy atom. The smallest absolute Gasteiger partial charge is 0.406 e. The highest BCUT2D eigenvalue weighted by Crippen LogP contribution is 2.39. The maximum atomic E-state index is 14.0. The number of amides is 1. The standard InChI is InChI=1S/C24H25F5N2O3/c1-4-11-31(23(25)26)22-15(3)20(16-6-8-18(9-7-16)34-24(27,28)29)13-17(19(22)10-12-32)14-30-21(33)5-2/h4-9,11,13,23,32H,2,10,12,14H2,1,3H3,(H,30,33)/b11-4+. The van der Waals surface area contributed by atoms with Crippen LogP contribution in [-0.2, 0) is 17.8 Å². The van der Waals surface area contributed by atoms with Crippen molar-refractivity contribution in [1.82, 2.24) is 5.32 Å². The predicted octanol–water partition coefficient (Wildman–Crippen LogP) is 5.46. The molecule has 0 aliphatic rings. The van der Waals surface area contributed by atoms with Gasteiger partial charge >= 0.3 is 12.9 Å². The number of carbonyl (C=O) groups is 1. The molecule has 0 radical (unpaired) electrons. The number of nitrogens with zero attached hydrogens (tertiary/aromatic N) is 1. The summed E-state index contributed by atoms with van der Waals surface area (Å²) < 4.78 is 69.4. The van der Waals surface area contributed by atoms with Crippen LogP contribution in [0.5, 0.6) is 5.75 Å². The summed E-state index contributed by atoms with van der Waals surface area (Å²) in [6, 6.07) is 6.67. The van der Waals surface area contributed by atoms with Gasteiger partial charge in [0.1, 0.15) is 5.75 Å². The van der Waals surface area contributed by atoms with Gasteiger partial charge in [-0.05, 0) is 72.4 Å². The molecule has 0 heterocycles. The van der Waals surface area contributed by atoms with Crippen LogP contribution in [-0.4, -0.2) is 30.5 Å². The fourth-order valence-corrected chi connectivity index (χ4v) is 3.56. The number of benzene rings is 2. The summed E-state index contributed by atoms with van der Waals surface area (Å²) in [6.45, 7) is 3.28. The van der Waals surface area contributed by atoms with Crippen molar-refractivity contribution < 1.29 is 36.6 Å². The number of hydrogen-bond donors (Lipinski definition) is 2. The maximum absolute atomic E-state index is 14.0. The minimum Gasteiger partial charge on any atom is -0.406 e. The minimum absolute atomic E-state index is 0.0366. The molecule has 0 aliphatic heterocycles. The van der Waals surface area contributed by atoms with E-state index >= 15 is 0 Å². The fraction of sp³-hybridized carbons (Fsp3) is 0.292. The molecule has 2 N–H and O–H groups in total. The van der Waals surface area contributed by atoms with Gasteiger partial charge in [-0.25, -0.2) is 0 Å². The van der Waals surface area contributed by atoms with Crippen molar-refractivity contribution in [2.75, 3.05) is 11.5 Å². The van der Waals surface area contributed by atoms with Gasteiger partial charge in [0.2, 0.25) is 5.91 Å². The third-order valence-electron chi connectivity index (χ3n) is 4.93. The normalized spacial score (nSPS) is 11.7. The molecule has 0 fully saturated rings. The van der Waals surface area contributed by atoms with Gasteiger partial charge in [-0.3, -0.25) is 9.69 Å². The summed E-state index contributed by atoms with van der Waals surface area (Å²) in [5.41, 5.74) is 2.35. The fourth-order valence-electron chi connectivity index (χ4n) is 3.56. The summed E-state index contributed by atoms with van der Waals surface area (Å²) in [7, 11) is 0. The molecule has 0 spiro atoms. The molecule has 0 saturated heterocycles. The largest absolute Gasteiger partial charge is 0.573 e. The summed E-state index contributed by atoms with van der Waals surface area (Å²) in [4.78, 5) is 12.5. The van der Waals surface area contributed by atoms with Crippen molar-refractivity contribution in [3.63, 3.8) is 0 Å². The zero-order chi connectivity index (χ0) is 25.5. The highest BCUT2D eigenvalue weighted by Gasteiger charge is 2.31. The number of aliphatic hydroxyl groups excluding tert-OH is 1. The quantitative estimate of drug-likeness (QED) is 0.267. The van der Waals surface area contributed by atoms with Crippen LogP contribution in [0.25, 0.3) is 11.1 Å². The number of hydrogen-bond acceptors (Lipinski definition) is 4. The number of halogens is 5. The summed E-state index contributed by atoms with van der Waals surface area (Å²) in [5.74, 6) is -0.904. The monoisotopic (exact) mass is 484 g/mol. The Morgan fingerprint density at radius 1 is 1.26 bits per heavy atom. The van der Waals surface area contributed by atoms with Crippen LogP contribution in [0.1, 0.15) is 23.6 Å². The highest BCUT2D eigenvalue weighted by atomic mass is 19.4. The second kappa shape index (κ2) is 11.6. The molecule has 2 rings (SSSR count). The predicted molar refractivity (Wildman–Crippen MR) is 119 cm³/mol. The van der Waals surface area contributed by atoms with E-state index < -0.39 is 24.6 Å². The second-order valence-electron chi connectivity index (χ2n) is 7.17. The van der Waals surface area contributed by atoms with E-state index in [9.17, 15) is 31.9 Å². The Balaban J connectivity index is 2.73. The molecule has 0 bridgehead atoms. The molecule has 10 heteroatoms. The van der Waals surface area contributed by atoms with E-state index in [4.69, 9.17) is 0 Å². The summed E-state index contributed by atoms with van der Waals surface area (Å²) in [6.07, 6.45) is -1.12. The summed E-state index contributed by atoms with van der Waals surface area (Å²) in [5, 5.41) is 12.2. The number of rotatable bonds is 10. The Bertz CT molecular complexity index is 1030. The van der Waals surface area contributed by atoms with Crippen LogP contribution in [0.4, 0.5) is 27.6 Å². The average Bonchev–Trinajstić information content (AvgIpc) is 2.77. The highest BCUT2D eigenvalue weighted by molar-refractivity contribution is 5.87. The Morgan fingerprint density at radius 3 is 2.41 bits per heavy atom. The van der Waals surface area contributed by atoms with Crippen LogP contribution >= 0.6 is 0 Å². The molecule has 0 aliphatic carbocycles. The molecule has 5 nitrogen and oxygen atoms in total. The molecular weight excluding hydrogens is 459 g/mol. The first-order chi connectivity index (χ1) is 16.0. The van der Waals surface area contributed by atoms with Crippen LogP contribution < -0.4 is 15.0 Å². The minimum atomic E-state index is -4.85. The second-order valence-corrected chi connectivity index (χ2v) is 7.17. The lowest BCUT2D eigenvalue weighted by Gasteiger charge is -2.28. The molecular formula is C24H25F5N2O3. The van der Waals surface area contributed by atoms with Crippen LogP contribution in [0.15, 0.2) is 55.3 Å². The van der Waals surface area contributed by atoms with Gasteiger partial charge in [0.15, 0.2) is 0 Å². The van der Waals surface area contributed by atoms with Gasteiger partial charge in [-0.1, -0.05) is 24.8 Å². The van der Waals surface area contributed by atoms with Crippen molar-refractivity contribution in [2.45, 2.75) is 39.7 Å². The van der Waals surface area contributed by atoms with Gasteiger partial charge in [0, 0.05) is 19.4 Å². The molecule has 1 amide bonds.